The van der Waals surface area contributed by atoms with E-state index < -0.39 is 11.7 Å². The molecule has 0 bridgehead atoms. The molecule has 3 atom stereocenters. The normalized spacial score (nSPS) is 27.6. The van der Waals surface area contributed by atoms with E-state index in [0.29, 0.717) is 46.3 Å². The Morgan fingerprint density at radius 2 is 1.79 bits per heavy atom. The Balaban J connectivity index is 1.41. The number of fused-ring (bicyclic) bond motifs is 7. The van der Waals surface area contributed by atoms with Gasteiger partial charge in [0.05, 0.1) is 6.61 Å². The molecule has 0 aliphatic carbocycles. The van der Waals surface area contributed by atoms with Crippen molar-refractivity contribution in [1.82, 2.24) is 0 Å². The topological polar surface area (TPSA) is 86.6 Å². The Bertz CT molecular complexity index is 1030. The molecule has 2 aromatic rings. The van der Waals surface area contributed by atoms with Crippen LogP contribution in [0.3, 0.4) is 0 Å². The molecule has 2 N–H and O–H groups in total. The standard InChI is InChI=1S/C21H18O7/c1-10(7-22)14-3-11-2-12-16(5-15(11)27-14)24-8-21(23)13-4-18-19(26-9-25-18)6-17(13)28-20(12)21/h2,4-6,14,20,22-23H,1,3,7-9H2. The fraction of sp³-hybridized carbons (Fsp3) is 0.333. The van der Waals surface area contributed by atoms with Gasteiger partial charge in [0.15, 0.2) is 23.2 Å². The lowest BCUT2D eigenvalue weighted by Gasteiger charge is -2.35. The van der Waals surface area contributed by atoms with Crippen LogP contribution in [0.5, 0.6) is 28.7 Å². The number of hydrogen-bond acceptors (Lipinski definition) is 7. The predicted molar refractivity (Wildman–Crippen MR) is 96.1 cm³/mol. The third kappa shape index (κ3) is 2.00. The van der Waals surface area contributed by atoms with Gasteiger partial charge in [-0.2, -0.15) is 0 Å². The zero-order chi connectivity index (χ0) is 19.0. The van der Waals surface area contributed by atoms with Gasteiger partial charge in [-0.15, -0.1) is 0 Å². The van der Waals surface area contributed by atoms with Crippen molar-refractivity contribution in [3.8, 4) is 28.7 Å². The second-order valence-corrected chi connectivity index (χ2v) is 7.54. The molecule has 0 fully saturated rings. The molecular formula is C21H18O7. The highest BCUT2D eigenvalue weighted by atomic mass is 16.7. The quantitative estimate of drug-likeness (QED) is 0.768. The highest BCUT2D eigenvalue weighted by Crippen LogP contribution is 2.57. The highest BCUT2D eigenvalue weighted by molar-refractivity contribution is 5.60. The molecule has 28 heavy (non-hydrogen) atoms. The van der Waals surface area contributed by atoms with Crippen LogP contribution in [0.25, 0.3) is 0 Å². The van der Waals surface area contributed by atoms with Crippen LogP contribution in [0, 0.1) is 0 Å². The maximum Gasteiger partial charge on any atom is 0.231 e. The zero-order valence-corrected chi connectivity index (χ0v) is 14.9. The van der Waals surface area contributed by atoms with Crippen molar-refractivity contribution in [3.63, 3.8) is 0 Å². The van der Waals surface area contributed by atoms with Crippen LogP contribution in [-0.4, -0.2) is 36.3 Å². The van der Waals surface area contributed by atoms with E-state index in [2.05, 4.69) is 6.58 Å². The molecule has 0 amide bonds. The summed E-state index contributed by atoms with van der Waals surface area (Å²) in [6.45, 7) is 3.96. The molecule has 0 radical (unpaired) electrons. The van der Waals surface area contributed by atoms with Gasteiger partial charge in [0.25, 0.3) is 0 Å². The van der Waals surface area contributed by atoms with Crippen LogP contribution in [0.4, 0.5) is 0 Å². The molecule has 0 spiro atoms. The van der Waals surface area contributed by atoms with Gasteiger partial charge in [-0.05, 0) is 23.3 Å². The second kappa shape index (κ2) is 5.33. The first-order chi connectivity index (χ1) is 13.6. The summed E-state index contributed by atoms with van der Waals surface area (Å²) < 4.78 is 28.8. The number of hydrogen-bond donors (Lipinski definition) is 2. The molecule has 7 nitrogen and oxygen atoms in total. The summed E-state index contributed by atoms with van der Waals surface area (Å²) in [5.74, 6) is 3.10. The number of rotatable bonds is 2. The Kier molecular flexibility index (Phi) is 3.07. The molecular weight excluding hydrogens is 364 g/mol. The fourth-order valence-corrected chi connectivity index (χ4v) is 4.34. The van der Waals surface area contributed by atoms with E-state index in [-0.39, 0.29) is 26.1 Å². The zero-order valence-electron chi connectivity index (χ0n) is 14.9. The predicted octanol–water partition coefficient (Wildman–Crippen LogP) is 1.98. The van der Waals surface area contributed by atoms with Gasteiger partial charge in [0.2, 0.25) is 6.79 Å². The molecule has 6 rings (SSSR count). The first-order valence-corrected chi connectivity index (χ1v) is 9.15. The van der Waals surface area contributed by atoms with Crippen molar-refractivity contribution in [2.24, 2.45) is 0 Å². The van der Waals surface area contributed by atoms with Crippen LogP contribution in [0.2, 0.25) is 0 Å². The van der Waals surface area contributed by atoms with Crippen molar-refractivity contribution >= 4 is 0 Å². The molecule has 0 aromatic heterocycles. The van der Waals surface area contributed by atoms with Gasteiger partial charge in [0, 0.05) is 29.7 Å². The molecule has 3 unspecified atom stereocenters. The average Bonchev–Trinajstić information content (AvgIpc) is 3.39. The van der Waals surface area contributed by atoms with Crippen LogP contribution in [0.1, 0.15) is 22.8 Å². The van der Waals surface area contributed by atoms with E-state index in [1.54, 1.807) is 12.1 Å². The molecule has 4 aliphatic heterocycles. The van der Waals surface area contributed by atoms with E-state index >= 15 is 0 Å². The fourth-order valence-electron chi connectivity index (χ4n) is 4.34. The lowest BCUT2D eigenvalue weighted by molar-refractivity contribution is -0.0865. The van der Waals surface area contributed by atoms with Gasteiger partial charge in [0.1, 0.15) is 30.0 Å². The molecule has 4 aliphatic rings. The van der Waals surface area contributed by atoms with E-state index in [1.165, 1.54) is 0 Å². The van der Waals surface area contributed by atoms with Gasteiger partial charge < -0.3 is 33.9 Å². The Labute approximate surface area is 160 Å². The minimum atomic E-state index is -1.31. The SMILES string of the molecule is C=C(CO)C1Cc2cc3c(cc2O1)OCC1(O)c2cc4c(cc2OC31)OCO4. The van der Waals surface area contributed by atoms with Crippen molar-refractivity contribution in [2.45, 2.75) is 24.2 Å². The van der Waals surface area contributed by atoms with Gasteiger partial charge >= 0.3 is 0 Å². The Morgan fingerprint density at radius 1 is 1.00 bits per heavy atom. The minimum Gasteiger partial charge on any atom is -0.489 e. The lowest BCUT2D eigenvalue weighted by Crippen LogP contribution is -2.41. The summed E-state index contributed by atoms with van der Waals surface area (Å²) in [7, 11) is 0. The van der Waals surface area contributed by atoms with Gasteiger partial charge in [-0.25, -0.2) is 0 Å². The maximum absolute atomic E-state index is 11.4. The Morgan fingerprint density at radius 3 is 2.61 bits per heavy atom. The van der Waals surface area contributed by atoms with Gasteiger partial charge in [-0.1, -0.05) is 6.58 Å². The van der Waals surface area contributed by atoms with Crippen LogP contribution < -0.4 is 23.7 Å². The highest BCUT2D eigenvalue weighted by Gasteiger charge is 2.54. The smallest absolute Gasteiger partial charge is 0.231 e. The van der Waals surface area contributed by atoms with Crippen molar-refractivity contribution in [2.75, 3.05) is 20.0 Å². The summed E-state index contributed by atoms with van der Waals surface area (Å²) in [4.78, 5) is 0. The summed E-state index contributed by atoms with van der Waals surface area (Å²) in [6, 6.07) is 7.30. The minimum absolute atomic E-state index is 0.0584. The molecule has 0 saturated carbocycles. The molecule has 0 saturated heterocycles. The average molecular weight is 382 g/mol. The van der Waals surface area contributed by atoms with Crippen molar-refractivity contribution < 1.29 is 33.9 Å². The first-order valence-electron chi connectivity index (χ1n) is 9.15. The third-order valence-electron chi connectivity index (χ3n) is 5.88. The summed E-state index contributed by atoms with van der Waals surface area (Å²) >= 11 is 0. The third-order valence-corrected chi connectivity index (χ3v) is 5.88. The number of aliphatic hydroxyl groups excluding tert-OH is 1. The molecule has 7 heteroatoms. The largest absolute Gasteiger partial charge is 0.489 e. The summed E-state index contributed by atoms with van der Waals surface area (Å²) in [5.41, 5.74) is 1.69. The van der Waals surface area contributed by atoms with Crippen LogP contribution in [0.15, 0.2) is 36.4 Å². The maximum atomic E-state index is 11.4. The van der Waals surface area contributed by atoms with E-state index in [0.717, 1.165) is 11.1 Å². The monoisotopic (exact) mass is 382 g/mol. The second-order valence-electron chi connectivity index (χ2n) is 7.54. The van der Waals surface area contributed by atoms with Gasteiger partial charge in [-0.3, -0.25) is 0 Å². The summed E-state index contributed by atoms with van der Waals surface area (Å²) in [5, 5.41) is 20.8. The number of benzene rings is 2. The van der Waals surface area contributed by atoms with Crippen LogP contribution >= 0.6 is 0 Å². The lowest BCUT2D eigenvalue weighted by atomic mass is 9.84. The first kappa shape index (κ1) is 16.1. The number of aliphatic hydroxyl groups is 2. The number of ether oxygens (including phenoxy) is 5. The Hall–Kier alpha value is -2.90. The molecule has 144 valence electrons. The van der Waals surface area contributed by atoms with Crippen molar-refractivity contribution in [1.29, 1.82) is 0 Å². The van der Waals surface area contributed by atoms with E-state index in [9.17, 15) is 10.2 Å². The van der Waals surface area contributed by atoms with E-state index in [1.807, 2.05) is 12.1 Å². The molecule has 4 heterocycles. The molecule has 2 aromatic carbocycles. The summed E-state index contributed by atoms with van der Waals surface area (Å²) in [6.07, 6.45) is -0.253. The van der Waals surface area contributed by atoms with E-state index in [4.69, 9.17) is 23.7 Å². The van der Waals surface area contributed by atoms with Crippen molar-refractivity contribution in [3.05, 3.63) is 53.1 Å². The van der Waals surface area contributed by atoms with Crippen LogP contribution in [-0.2, 0) is 12.0 Å².